The number of ether oxygens (including phenoxy) is 2. The summed E-state index contributed by atoms with van der Waals surface area (Å²) in [5.41, 5.74) is 1.35. The largest absolute Gasteiger partial charge is 0.507 e. The predicted molar refractivity (Wildman–Crippen MR) is 110 cm³/mol. The number of carbonyl (C=O) groups excluding carboxylic acids is 3. The summed E-state index contributed by atoms with van der Waals surface area (Å²) in [5, 5.41) is 13.2. The van der Waals surface area contributed by atoms with Crippen molar-refractivity contribution >= 4 is 17.5 Å². The fourth-order valence-corrected chi connectivity index (χ4v) is 3.99. The Bertz CT molecular complexity index is 937. The van der Waals surface area contributed by atoms with Gasteiger partial charge in [0.15, 0.2) is 0 Å². The van der Waals surface area contributed by atoms with Crippen LogP contribution in [-0.4, -0.2) is 42.8 Å². The summed E-state index contributed by atoms with van der Waals surface area (Å²) in [5.74, 6) is -1.52. The van der Waals surface area contributed by atoms with Crippen molar-refractivity contribution in [2.45, 2.75) is 51.5 Å². The summed E-state index contributed by atoms with van der Waals surface area (Å²) >= 11 is 0. The number of hydrogen-bond donors (Lipinski definition) is 2. The summed E-state index contributed by atoms with van der Waals surface area (Å²) in [6.45, 7) is 1.57. The maximum atomic E-state index is 12.8. The molecule has 0 atom stereocenters. The standard InChI is InChI=1S/C23H27NO6/c1-13-16(20(27)22(30-3)21(29-2)19(13)26)11-14-9-10-18(25)17(12-14)23(28)24-15-7-5-4-6-8-15/h9-10,12,15,25H,4-8,11H2,1-3H3,(H,24,28). The number of hydrogen-bond acceptors (Lipinski definition) is 6. The van der Waals surface area contributed by atoms with Crippen molar-refractivity contribution in [3.63, 3.8) is 0 Å². The lowest BCUT2D eigenvalue weighted by Crippen LogP contribution is -2.36. The Labute approximate surface area is 175 Å². The molecule has 30 heavy (non-hydrogen) atoms. The monoisotopic (exact) mass is 413 g/mol. The van der Waals surface area contributed by atoms with Gasteiger partial charge in [0, 0.05) is 23.6 Å². The van der Waals surface area contributed by atoms with Crippen molar-refractivity contribution in [3.05, 3.63) is 52.0 Å². The molecule has 160 valence electrons. The molecule has 0 heterocycles. The lowest BCUT2D eigenvalue weighted by atomic mass is 9.88. The molecule has 7 heteroatoms. The number of benzene rings is 1. The predicted octanol–water partition coefficient (Wildman–Crippen LogP) is 2.97. The summed E-state index contributed by atoms with van der Waals surface area (Å²) < 4.78 is 10.2. The van der Waals surface area contributed by atoms with Gasteiger partial charge in [0.05, 0.1) is 19.8 Å². The van der Waals surface area contributed by atoms with Crippen molar-refractivity contribution in [2.24, 2.45) is 0 Å². The molecule has 2 N–H and O–H groups in total. The normalized spacial score (nSPS) is 18.0. The second-order valence-corrected chi connectivity index (χ2v) is 7.66. The van der Waals surface area contributed by atoms with Crippen molar-refractivity contribution < 1.29 is 29.0 Å². The highest BCUT2D eigenvalue weighted by molar-refractivity contribution is 6.23. The molecule has 1 amide bonds. The minimum atomic E-state index is -0.423. The van der Waals surface area contributed by atoms with E-state index in [2.05, 4.69) is 5.32 Å². The van der Waals surface area contributed by atoms with E-state index in [1.165, 1.54) is 26.7 Å². The van der Waals surface area contributed by atoms with Gasteiger partial charge in [0.25, 0.3) is 5.91 Å². The van der Waals surface area contributed by atoms with Gasteiger partial charge in [0.1, 0.15) is 5.75 Å². The van der Waals surface area contributed by atoms with Crippen molar-refractivity contribution in [1.29, 1.82) is 0 Å². The van der Waals surface area contributed by atoms with E-state index in [0.29, 0.717) is 5.56 Å². The van der Waals surface area contributed by atoms with Crippen LogP contribution in [0, 0.1) is 0 Å². The molecule has 3 rings (SSSR count). The summed E-state index contributed by atoms with van der Waals surface area (Å²) in [6, 6.07) is 4.74. The number of allylic oxidation sites excluding steroid dienone is 2. The molecular weight excluding hydrogens is 386 g/mol. The SMILES string of the molecule is COC1=C(OC)C(=O)C(Cc2ccc(O)c(C(=O)NC3CCCCC3)c2)=C(C)C1=O. The number of ketones is 2. The Morgan fingerprint density at radius 1 is 1.07 bits per heavy atom. The van der Waals surface area contributed by atoms with Crippen molar-refractivity contribution in [2.75, 3.05) is 14.2 Å². The molecule has 0 radical (unpaired) electrons. The van der Waals surface area contributed by atoms with E-state index < -0.39 is 11.6 Å². The molecule has 2 aliphatic rings. The first kappa shape index (κ1) is 21.6. The van der Waals surface area contributed by atoms with E-state index in [1.54, 1.807) is 19.1 Å². The number of phenolic OH excluding ortho intramolecular Hbond substituents is 1. The number of carbonyl (C=O) groups is 3. The zero-order valence-corrected chi connectivity index (χ0v) is 17.5. The summed E-state index contributed by atoms with van der Waals surface area (Å²) in [6.07, 6.45) is 5.34. The van der Waals surface area contributed by atoms with E-state index >= 15 is 0 Å². The maximum Gasteiger partial charge on any atom is 0.255 e. The van der Waals surface area contributed by atoms with Crippen LogP contribution in [0.5, 0.6) is 5.75 Å². The minimum Gasteiger partial charge on any atom is -0.507 e. The fourth-order valence-electron chi connectivity index (χ4n) is 3.99. The first-order valence-electron chi connectivity index (χ1n) is 10.1. The zero-order chi connectivity index (χ0) is 21.8. The third-order valence-corrected chi connectivity index (χ3v) is 5.72. The van der Waals surface area contributed by atoms with Crippen LogP contribution in [0.4, 0.5) is 0 Å². The zero-order valence-electron chi connectivity index (χ0n) is 17.5. The smallest absolute Gasteiger partial charge is 0.255 e. The number of phenols is 1. The average Bonchev–Trinajstić information content (AvgIpc) is 2.75. The van der Waals surface area contributed by atoms with Gasteiger partial charge in [-0.3, -0.25) is 14.4 Å². The third-order valence-electron chi connectivity index (χ3n) is 5.72. The van der Waals surface area contributed by atoms with Crippen LogP contribution in [0.3, 0.4) is 0 Å². The van der Waals surface area contributed by atoms with Crippen LogP contribution in [-0.2, 0) is 25.5 Å². The molecule has 7 nitrogen and oxygen atoms in total. The Morgan fingerprint density at radius 2 is 1.70 bits per heavy atom. The van der Waals surface area contributed by atoms with E-state index in [-0.39, 0.29) is 52.3 Å². The first-order valence-corrected chi connectivity index (χ1v) is 10.1. The topological polar surface area (TPSA) is 102 Å². The van der Waals surface area contributed by atoms with E-state index in [1.807, 2.05) is 0 Å². The number of rotatable bonds is 6. The molecular formula is C23H27NO6. The number of amides is 1. The molecule has 0 unspecified atom stereocenters. The van der Waals surface area contributed by atoms with E-state index in [9.17, 15) is 19.5 Å². The van der Waals surface area contributed by atoms with Gasteiger partial charge in [0.2, 0.25) is 23.1 Å². The van der Waals surface area contributed by atoms with Gasteiger partial charge in [-0.15, -0.1) is 0 Å². The molecule has 0 bridgehead atoms. The van der Waals surface area contributed by atoms with Gasteiger partial charge in [-0.25, -0.2) is 0 Å². The van der Waals surface area contributed by atoms with Crippen molar-refractivity contribution in [3.8, 4) is 5.75 Å². The second kappa shape index (κ2) is 9.15. The number of aromatic hydroxyl groups is 1. The molecule has 0 aliphatic heterocycles. The van der Waals surface area contributed by atoms with Crippen molar-refractivity contribution in [1.82, 2.24) is 5.32 Å². The molecule has 0 saturated heterocycles. The molecule has 1 fully saturated rings. The number of methoxy groups -OCH3 is 2. The van der Waals surface area contributed by atoms with Crippen LogP contribution >= 0.6 is 0 Å². The Kier molecular flexibility index (Phi) is 6.59. The Morgan fingerprint density at radius 3 is 2.33 bits per heavy atom. The summed E-state index contributed by atoms with van der Waals surface area (Å²) in [7, 11) is 2.63. The molecule has 0 spiro atoms. The van der Waals surface area contributed by atoms with E-state index in [0.717, 1.165) is 25.7 Å². The number of nitrogens with one attached hydrogen (secondary N) is 1. The van der Waals surface area contributed by atoms with E-state index in [4.69, 9.17) is 9.47 Å². The fraction of sp³-hybridized carbons (Fsp3) is 0.435. The van der Waals surface area contributed by atoms with Crippen LogP contribution in [0.1, 0.15) is 54.9 Å². The Hall–Kier alpha value is -3.09. The quantitative estimate of drug-likeness (QED) is 0.695. The van der Waals surface area contributed by atoms with Crippen LogP contribution in [0.2, 0.25) is 0 Å². The first-order chi connectivity index (χ1) is 14.4. The number of Topliss-reactive ketones (excluding diaryl/α,β-unsaturated/α-hetero) is 2. The molecule has 0 aromatic heterocycles. The molecule has 1 aromatic rings. The highest BCUT2D eigenvalue weighted by Crippen LogP contribution is 2.29. The highest BCUT2D eigenvalue weighted by atomic mass is 16.5. The lowest BCUT2D eigenvalue weighted by molar-refractivity contribution is -0.121. The molecule has 1 saturated carbocycles. The average molecular weight is 413 g/mol. The van der Waals surface area contributed by atoms with Crippen LogP contribution in [0.15, 0.2) is 40.9 Å². The highest BCUT2D eigenvalue weighted by Gasteiger charge is 2.34. The molecule has 2 aliphatic carbocycles. The second-order valence-electron chi connectivity index (χ2n) is 7.66. The Balaban J connectivity index is 1.84. The summed E-state index contributed by atoms with van der Waals surface area (Å²) in [4.78, 5) is 38.1. The molecule has 1 aromatic carbocycles. The lowest BCUT2D eigenvalue weighted by Gasteiger charge is -2.23. The van der Waals surface area contributed by atoms with Gasteiger partial charge in [-0.1, -0.05) is 25.3 Å². The maximum absolute atomic E-state index is 12.8. The van der Waals surface area contributed by atoms with Gasteiger partial charge < -0.3 is 19.9 Å². The van der Waals surface area contributed by atoms with Crippen LogP contribution in [0.25, 0.3) is 0 Å². The van der Waals surface area contributed by atoms with Crippen LogP contribution < -0.4 is 5.32 Å². The van der Waals surface area contributed by atoms with Gasteiger partial charge >= 0.3 is 0 Å². The van der Waals surface area contributed by atoms with Gasteiger partial charge in [-0.05, 0) is 37.5 Å². The van der Waals surface area contributed by atoms with Gasteiger partial charge in [-0.2, -0.15) is 0 Å². The third kappa shape index (κ3) is 4.25. The minimum absolute atomic E-state index is 0.109.